The average Bonchev–Trinajstić information content (AvgIpc) is 2.22. The van der Waals surface area contributed by atoms with E-state index < -0.39 is 0 Å². The molecule has 0 bridgehead atoms. The molecule has 1 amide bonds. The molecule has 1 aromatic rings. The normalized spacial score (nSPS) is 10.0. The molecule has 2 N–H and O–H groups in total. The van der Waals surface area contributed by atoms with Crippen LogP contribution in [0.15, 0.2) is 18.3 Å². The second-order valence-corrected chi connectivity index (χ2v) is 3.57. The molecule has 0 unspecified atom stereocenters. The Hall–Kier alpha value is -1.58. The van der Waals surface area contributed by atoms with E-state index in [1.807, 2.05) is 14.0 Å². The molecule has 1 aromatic heterocycles. The van der Waals surface area contributed by atoms with E-state index in [9.17, 15) is 4.79 Å². The van der Waals surface area contributed by atoms with E-state index in [1.54, 1.807) is 23.2 Å². The predicted octanol–water partition coefficient (Wildman–Crippen LogP) is 1.07. The zero-order chi connectivity index (χ0) is 11.3. The Labute approximate surface area is 90.1 Å². The average molecular weight is 207 g/mol. The van der Waals surface area contributed by atoms with Gasteiger partial charge < -0.3 is 10.6 Å². The molecule has 4 nitrogen and oxygen atoms in total. The molecule has 82 valence electrons. The number of hydrogen-bond acceptors (Lipinski definition) is 3. The fraction of sp³-hybridized carbons (Fsp3) is 0.455. The summed E-state index contributed by atoms with van der Waals surface area (Å²) in [5.74, 6) is 0.0918. The molecule has 1 rings (SSSR count). The van der Waals surface area contributed by atoms with Gasteiger partial charge in [-0.1, -0.05) is 6.92 Å². The summed E-state index contributed by atoms with van der Waals surface area (Å²) in [6, 6.07) is 3.54. The molecule has 0 aliphatic carbocycles. The maximum absolute atomic E-state index is 11.6. The smallest absolute Gasteiger partial charge is 0.228 e. The zero-order valence-electron chi connectivity index (χ0n) is 9.23. The quantitative estimate of drug-likeness (QED) is 0.803. The monoisotopic (exact) mass is 207 g/mol. The molecule has 0 saturated carbocycles. The van der Waals surface area contributed by atoms with Gasteiger partial charge in [-0.2, -0.15) is 0 Å². The fourth-order valence-electron chi connectivity index (χ4n) is 1.29. The van der Waals surface area contributed by atoms with Crippen LogP contribution in [0, 0.1) is 0 Å². The maximum atomic E-state index is 11.6. The summed E-state index contributed by atoms with van der Waals surface area (Å²) in [4.78, 5) is 17.5. The van der Waals surface area contributed by atoms with Gasteiger partial charge >= 0.3 is 0 Å². The highest BCUT2D eigenvalue weighted by Gasteiger charge is 2.08. The van der Waals surface area contributed by atoms with Gasteiger partial charge in [0.1, 0.15) is 0 Å². The lowest BCUT2D eigenvalue weighted by molar-refractivity contribution is -0.129. The van der Waals surface area contributed by atoms with Gasteiger partial charge in [0.2, 0.25) is 5.91 Å². The molecule has 1 heterocycles. The summed E-state index contributed by atoms with van der Waals surface area (Å²) < 4.78 is 0. The lowest BCUT2D eigenvalue weighted by Crippen LogP contribution is -2.29. The number of nitrogens with zero attached hydrogens (tertiary/aromatic N) is 2. The predicted molar refractivity (Wildman–Crippen MR) is 60.3 cm³/mol. The summed E-state index contributed by atoms with van der Waals surface area (Å²) in [7, 11) is 1.81. The minimum atomic E-state index is 0.0918. The maximum Gasteiger partial charge on any atom is 0.228 e. The van der Waals surface area contributed by atoms with Crippen LogP contribution in [0.25, 0.3) is 0 Å². The van der Waals surface area contributed by atoms with Crippen molar-refractivity contribution in [1.82, 2.24) is 9.88 Å². The topological polar surface area (TPSA) is 59.2 Å². The van der Waals surface area contributed by atoms with Gasteiger partial charge in [0, 0.05) is 19.3 Å². The third kappa shape index (κ3) is 3.58. The van der Waals surface area contributed by atoms with Gasteiger partial charge in [0.25, 0.3) is 0 Å². The Balaban J connectivity index is 2.54. The number of nitrogens with two attached hydrogens (primary N) is 1. The number of hydrogen-bond donors (Lipinski definition) is 1. The Bertz CT molecular complexity index is 321. The van der Waals surface area contributed by atoms with E-state index in [-0.39, 0.29) is 5.91 Å². The Morgan fingerprint density at radius 1 is 1.53 bits per heavy atom. The fourth-order valence-corrected chi connectivity index (χ4v) is 1.29. The molecule has 4 heteroatoms. The number of aromatic nitrogens is 1. The van der Waals surface area contributed by atoms with Gasteiger partial charge in [-0.25, -0.2) is 0 Å². The van der Waals surface area contributed by atoms with E-state index in [1.165, 1.54) is 0 Å². The van der Waals surface area contributed by atoms with Crippen LogP contribution in [0.3, 0.4) is 0 Å². The Kier molecular flexibility index (Phi) is 4.09. The van der Waals surface area contributed by atoms with Gasteiger partial charge in [0.15, 0.2) is 0 Å². The van der Waals surface area contributed by atoms with Crippen LogP contribution >= 0.6 is 0 Å². The number of carbonyl (C=O) groups excluding carboxylic acids is 1. The third-order valence-corrected chi connectivity index (χ3v) is 2.16. The van der Waals surface area contributed by atoms with Crippen molar-refractivity contribution in [3.8, 4) is 0 Å². The van der Waals surface area contributed by atoms with Gasteiger partial charge in [-0.05, 0) is 18.6 Å². The highest BCUT2D eigenvalue weighted by molar-refractivity contribution is 5.78. The van der Waals surface area contributed by atoms with E-state index in [4.69, 9.17) is 5.73 Å². The van der Waals surface area contributed by atoms with E-state index in [2.05, 4.69) is 4.98 Å². The summed E-state index contributed by atoms with van der Waals surface area (Å²) in [6.45, 7) is 2.83. The van der Waals surface area contributed by atoms with Gasteiger partial charge in [-0.3, -0.25) is 9.78 Å². The summed E-state index contributed by atoms with van der Waals surface area (Å²) >= 11 is 0. The molecule has 0 aliphatic rings. The SMILES string of the molecule is CCCN(C)C(=O)Cc1ccc(N)cn1. The van der Waals surface area contributed by atoms with Crippen LogP contribution in [-0.4, -0.2) is 29.4 Å². The molecule has 0 radical (unpaired) electrons. The first-order chi connectivity index (χ1) is 7.13. The van der Waals surface area contributed by atoms with Crippen LogP contribution in [-0.2, 0) is 11.2 Å². The zero-order valence-corrected chi connectivity index (χ0v) is 9.23. The van der Waals surface area contributed by atoms with Crippen molar-refractivity contribution in [2.45, 2.75) is 19.8 Å². The lowest BCUT2D eigenvalue weighted by Gasteiger charge is -2.15. The number of anilines is 1. The van der Waals surface area contributed by atoms with Crippen LogP contribution in [0.2, 0.25) is 0 Å². The van der Waals surface area contributed by atoms with Crippen LogP contribution in [0.1, 0.15) is 19.0 Å². The third-order valence-electron chi connectivity index (χ3n) is 2.16. The Morgan fingerprint density at radius 2 is 2.27 bits per heavy atom. The van der Waals surface area contributed by atoms with Crippen molar-refractivity contribution >= 4 is 11.6 Å². The van der Waals surface area contributed by atoms with Crippen LogP contribution in [0.5, 0.6) is 0 Å². The highest BCUT2D eigenvalue weighted by atomic mass is 16.2. The second kappa shape index (κ2) is 5.34. The first-order valence-corrected chi connectivity index (χ1v) is 5.08. The molecule has 0 saturated heterocycles. The molecule has 0 fully saturated rings. The first-order valence-electron chi connectivity index (χ1n) is 5.08. The number of carbonyl (C=O) groups is 1. The van der Waals surface area contributed by atoms with Crippen LogP contribution < -0.4 is 5.73 Å². The van der Waals surface area contributed by atoms with Crippen molar-refractivity contribution in [1.29, 1.82) is 0 Å². The molecule has 0 aliphatic heterocycles. The molecule has 15 heavy (non-hydrogen) atoms. The summed E-state index contributed by atoms with van der Waals surface area (Å²) in [5, 5.41) is 0. The molecule has 0 aromatic carbocycles. The number of pyridine rings is 1. The van der Waals surface area contributed by atoms with Crippen molar-refractivity contribution < 1.29 is 4.79 Å². The summed E-state index contributed by atoms with van der Waals surface area (Å²) in [6.07, 6.45) is 2.89. The van der Waals surface area contributed by atoms with Gasteiger partial charge in [0.05, 0.1) is 18.3 Å². The molecular weight excluding hydrogens is 190 g/mol. The minimum Gasteiger partial charge on any atom is -0.397 e. The van der Waals surface area contributed by atoms with Crippen molar-refractivity contribution in [2.75, 3.05) is 19.3 Å². The van der Waals surface area contributed by atoms with Crippen molar-refractivity contribution in [3.05, 3.63) is 24.0 Å². The van der Waals surface area contributed by atoms with Crippen molar-refractivity contribution in [3.63, 3.8) is 0 Å². The Morgan fingerprint density at radius 3 is 2.80 bits per heavy atom. The minimum absolute atomic E-state index is 0.0918. The van der Waals surface area contributed by atoms with Crippen molar-refractivity contribution in [2.24, 2.45) is 0 Å². The van der Waals surface area contributed by atoms with Crippen LogP contribution in [0.4, 0.5) is 5.69 Å². The first kappa shape index (κ1) is 11.5. The standard InChI is InChI=1S/C11H17N3O/c1-3-6-14(2)11(15)7-10-5-4-9(12)8-13-10/h4-5,8H,3,6-7,12H2,1-2H3. The van der Waals surface area contributed by atoms with E-state index >= 15 is 0 Å². The van der Waals surface area contributed by atoms with Gasteiger partial charge in [-0.15, -0.1) is 0 Å². The van der Waals surface area contributed by atoms with E-state index in [0.717, 1.165) is 18.7 Å². The highest BCUT2D eigenvalue weighted by Crippen LogP contribution is 2.03. The largest absolute Gasteiger partial charge is 0.397 e. The molecular formula is C11H17N3O. The molecule has 0 atom stereocenters. The second-order valence-electron chi connectivity index (χ2n) is 3.57. The number of rotatable bonds is 4. The lowest BCUT2D eigenvalue weighted by atomic mass is 10.2. The summed E-state index contributed by atoms with van der Waals surface area (Å²) in [5.41, 5.74) is 6.89. The number of nitrogen functional groups attached to an aromatic ring is 1. The molecule has 0 spiro atoms. The number of likely N-dealkylation sites (N-methyl/N-ethyl adjacent to an activating group) is 1. The van der Waals surface area contributed by atoms with E-state index in [0.29, 0.717) is 12.1 Å². The number of amides is 1.